The number of hydrogen-bond donors (Lipinski definition) is 3. The Morgan fingerprint density at radius 1 is 1.08 bits per heavy atom. The fourth-order valence-electron chi connectivity index (χ4n) is 11.1. The number of amides is 1. The quantitative estimate of drug-likeness (QED) is 0.0624. The number of alkyl carbamates (subject to hydrolysis) is 1. The van der Waals surface area contributed by atoms with Crippen LogP contribution in [0.3, 0.4) is 0 Å². The third-order valence-electron chi connectivity index (χ3n) is 14.0. The average Bonchev–Trinajstić information content (AvgIpc) is 3.41. The molecular weight excluding hydrogens is 768 g/mol. The number of carbonyl (C=O) groups is 5. The molecule has 322 valence electrons. The van der Waals surface area contributed by atoms with Crippen LogP contribution in [0, 0.1) is 51.0 Å². The number of hydrogen-bond acceptors (Lipinski definition) is 14. The molecule has 2 bridgehead atoms. The maximum Gasteiger partial charge on any atom is 0.407 e. The van der Waals surface area contributed by atoms with Crippen LogP contribution in [0.5, 0.6) is 0 Å². The molecule has 0 radical (unpaired) electrons. The Kier molecular flexibility index (Phi) is 12.0. The number of carbonyl (C=O) groups excluding carboxylic acids is 5. The largest absolute Gasteiger partial charge is 0.511 e. The minimum atomic E-state index is -2.14. The Morgan fingerprint density at radius 2 is 1.78 bits per heavy atom. The number of nitrogens with zero attached hydrogens (tertiary/aromatic N) is 1. The minimum Gasteiger partial charge on any atom is -0.511 e. The molecule has 2 saturated heterocycles. The molecule has 2 aliphatic heterocycles. The normalized spacial score (nSPS) is 45.1. The van der Waals surface area contributed by atoms with Crippen molar-refractivity contribution in [1.29, 1.82) is 0 Å². The summed E-state index contributed by atoms with van der Waals surface area (Å²) in [5.41, 5.74) is -4.55. The predicted octanol–water partition coefficient (Wildman–Crippen LogP) is 4.78. The van der Waals surface area contributed by atoms with E-state index in [2.05, 4.69) is 5.32 Å². The fourth-order valence-corrected chi connectivity index (χ4v) is 11.1. The van der Waals surface area contributed by atoms with Gasteiger partial charge in [0.2, 0.25) is 11.3 Å². The number of nitrogens with one attached hydrogen (secondary N) is 1. The molecule has 2 heterocycles. The van der Waals surface area contributed by atoms with Crippen molar-refractivity contribution >= 4 is 30.1 Å². The van der Waals surface area contributed by atoms with Crippen LogP contribution in [0.2, 0.25) is 0 Å². The molecule has 16 heteroatoms. The number of esters is 2. The molecule has 3 fully saturated rings. The van der Waals surface area contributed by atoms with E-state index in [-0.39, 0.29) is 36.7 Å². The lowest BCUT2D eigenvalue weighted by atomic mass is 9.49. The van der Waals surface area contributed by atoms with Crippen molar-refractivity contribution in [3.8, 4) is 0 Å². The molecule has 6 rings (SSSR count). The number of aldehydes is 1. The molecule has 0 aromatic heterocycles. The molecule has 1 spiro atoms. The summed E-state index contributed by atoms with van der Waals surface area (Å²) in [7, 11) is 1.15. The van der Waals surface area contributed by atoms with Gasteiger partial charge in [-0.2, -0.15) is 0 Å². The third kappa shape index (κ3) is 7.34. The van der Waals surface area contributed by atoms with E-state index < -0.39 is 117 Å². The molecule has 3 N–H and O–H groups in total. The van der Waals surface area contributed by atoms with Gasteiger partial charge in [0.25, 0.3) is 0 Å². The average molecular weight is 825 g/mol. The summed E-state index contributed by atoms with van der Waals surface area (Å²) in [4.78, 5) is 78.7. The molecule has 0 aromatic rings. The number of aliphatic hydroxyl groups excluding tert-OH is 2. The maximum absolute atomic E-state index is 15.1. The van der Waals surface area contributed by atoms with E-state index in [1.165, 1.54) is 13.0 Å². The maximum atomic E-state index is 15.1. The Labute approximate surface area is 343 Å². The molecular formula is C43H56N2O14. The number of Topliss-reactive ketones (excluding diaryl/α,β-unsaturated/α-hetero) is 1. The van der Waals surface area contributed by atoms with E-state index in [9.17, 15) is 39.5 Å². The zero-order chi connectivity index (χ0) is 43.5. The molecule has 6 aliphatic rings. The van der Waals surface area contributed by atoms with E-state index in [1.54, 1.807) is 26.8 Å². The van der Waals surface area contributed by atoms with Crippen LogP contribution in [0.1, 0.15) is 81.1 Å². The summed E-state index contributed by atoms with van der Waals surface area (Å²) in [6.07, 6.45) is 3.42. The van der Waals surface area contributed by atoms with Gasteiger partial charge in [-0.1, -0.05) is 50.6 Å². The van der Waals surface area contributed by atoms with Gasteiger partial charge in [-0.25, -0.2) is 9.59 Å². The molecule has 15 unspecified atom stereocenters. The topological polar surface area (TPSA) is 227 Å². The van der Waals surface area contributed by atoms with Crippen LogP contribution in [0.4, 0.5) is 4.79 Å². The number of fused-ring (bicyclic) bond motifs is 4. The Morgan fingerprint density at radius 3 is 2.41 bits per heavy atom. The molecule has 4 aliphatic carbocycles. The molecule has 59 heavy (non-hydrogen) atoms. The van der Waals surface area contributed by atoms with Crippen molar-refractivity contribution in [3.63, 3.8) is 0 Å². The number of allylic oxidation sites excluding steroid dienone is 3. The number of rotatable bonds is 6. The second-order valence-electron chi connectivity index (χ2n) is 17.8. The first-order chi connectivity index (χ1) is 27.6. The lowest BCUT2D eigenvalue weighted by Gasteiger charge is -2.55. The highest BCUT2D eigenvalue weighted by atomic mass is 16.7. The number of ketones is 1. The van der Waals surface area contributed by atoms with Crippen molar-refractivity contribution in [1.82, 2.24) is 5.32 Å². The summed E-state index contributed by atoms with van der Waals surface area (Å²) >= 11 is 0. The van der Waals surface area contributed by atoms with Gasteiger partial charge in [-0.3, -0.25) is 24.5 Å². The minimum absolute atomic E-state index is 0.0385. The highest BCUT2D eigenvalue weighted by molar-refractivity contribution is 6.26. The monoisotopic (exact) mass is 824 g/mol. The summed E-state index contributed by atoms with van der Waals surface area (Å²) < 4.78 is 29.3. The smallest absolute Gasteiger partial charge is 0.407 e. The molecule has 15 atom stereocenters. The van der Waals surface area contributed by atoms with Gasteiger partial charge in [-0.15, -0.1) is 0 Å². The summed E-state index contributed by atoms with van der Waals surface area (Å²) in [5, 5.41) is 39.3. The summed E-state index contributed by atoms with van der Waals surface area (Å²) in [5.74, 6) is -6.03. The molecule has 0 aromatic carbocycles. The zero-order valence-electron chi connectivity index (χ0n) is 35.0. The van der Waals surface area contributed by atoms with Crippen LogP contribution >= 0.6 is 0 Å². The lowest BCUT2D eigenvalue weighted by molar-refractivity contribution is -0.584. The number of aliphatic hydroxyl groups is 2. The van der Waals surface area contributed by atoms with Crippen molar-refractivity contribution in [3.05, 3.63) is 68.5 Å². The molecule has 1 amide bonds. The van der Waals surface area contributed by atoms with Gasteiger partial charge < -0.3 is 39.2 Å². The van der Waals surface area contributed by atoms with E-state index in [4.69, 9.17) is 23.7 Å². The van der Waals surface area contributed by atoms with Gasteiger partial charge in [0.05, 0.1) is 37.8 Å². The van der Waals surface area contributed by atoms with Crippen LogP contribution < -0.4 is 5.32 Å². The Bertz CT molecular complexity index is 1950. The number of ether oxygens (including phenoxy) is 5. The first-order valence-corrected chi connectivity index (χ1v) is 20.2. The van der Waals surface area contributed by atoms with Crippen LogP contribution in [0.15, 0.2) is 58.4 Å². The van der Waals surface area contributed by atoms with Crippen molar-refractivity contribution in [2.75, 3.05) is 7.11 Å². The standard InChI is InChI=1S/C43H56N2O14/c1-20-10-13-30(58-32-18-41(7,45(53)54)36(24(5)56-32)44-40(52)55-9)21(2)15-29-31(57-25(6)47)16-26(19-46)17-43(29)38(50)33(39(51)59-43)37(49)42(8)28(20)12-11-27-34(42)22(3)14-23(4)35(27)48/h10-12,15-16,19,22-24,27-32,34-36,48-49H,13-14,17-18H2,1-9H3,(H,44,52)/b20-10+,21-15+,37-33-. The van der Waals surface area contributed by atoms with Crippen molar-refractivity contribution in [2.24, 2.45) is 40.9 Å². The van der Waals surface area contributed by atoms with Crippen LogP contribution in [-0.4, -0.2) is 100 Å². The molecule has 16 nitrogen and oxygen atoms in total. The second-order valence-corrected chi connectivity index (χ2v) is 17.8. The first kappa shape index (κ1) is 43.9. The number of nitro groups is 1. The van der Waals surface area contributed by atoms with E-state index >= 15 is 4.79 Å². The van der Waals surface area contributed by atoms with E-state index in [0.717, 1.165) is 19.6 Å². The van der Waals surface area contributed by atoms with Gasteiger partial charge in [0.15, 0.2) is 11.9 Å². The van der Waals surface area contributed by atoms with Gasteiger partial charge in [-0.05, 0) is 68.6 Å². The highest BCUT2D eigenvalue weighted by Crippen LogP contribution is 2.60. The first-order valence-electron chi connectivity index (χ1n) is 20.2. The van der Waals surface area contributed by atoms with Gasteiger partial charge >= 0.3 is 18.0 Å². The second kappa shape index (κ2) is 16.1. The zero-order valence-corrected chi connectivity index (χ0v) is 35.0. The number of methoxy groups -OCH3 is 1. The molecule has 1 saturated carbocycles. The van der Waals surface area contributed by atoms with E-state index in [0.29, 0.717) is 18.3 Å². The summed E-state index contributed by atoms with van der Waals surface area (Å²) in [6.45, 7) is 13.5. The van der Waals surface area contributed by atoms with Crippen LogP contribution in [-0.2, 0) is 42.9 Å². The highest BCUT2D eigenvalue weighted by Gasteiger charge is 2.65. The third-order valence-corrected chi connectivity index (χ3v) is 14.0. The van der Waals surface area contributed by atoms with Gasteiger partial charge in [0, 0.05) is 42.4 Å². The van der Waals surface area contributed by atoms with Gasteiger partial charge in [0.1, 0.15) is 29.8 Å². The van der Waals surface area contributed by atoms with E-state index in [1.807, 2.05) is 39.0 Å². The predicted molar refractivity (Wildman–Crippen MR) is 209 cm³/mol. The lowest BCUT2D eigenvalue weighted by Crippen LogP contribution is -2.65. The Balaban J connectivity index is 1.54. The van der Waals surface area contributed by atoms with Crippen molar-refractivity contribution < 1.29 is 62.8 Å². The fraction of sp³-hybridized carbons (Fsp3) is 0.651. The Hall–Kier alpha value is -4.67. The van der Waals surface area contributed by atoms with Crippen LogP contribution in [0.25, 0.3) is 0 Å². The summed E-state index contributed by atoms with van der Waals surface area (Å²) in [6, 6.07) is -1.09. The SMILES string of the molecule is COC(=O)NC1C(C)OC(OC2C/C=C(\C)C3C=CC4C(O)C(C)CC(C)C4C3(C)/C(O)=C3/C(=O)OC4(CC(C=O)=CC(OC(C)=O)C4/C=C/2C)C3=O)CC1(C)[N+](=O)[O-]. The van der Waals surface area contributed by atoms with Crippen molar-refractivity contribution in [2.45, 2.75) is 129 Å².